The smallest absolute Gasteiger partial charge is 0.253 e. The van der Waals surface area contributed by atoms with E-state index in [9.17, 15) is 17.6 Å². The van der Waals surface area contributed by atoms with Crippen LogP contribution in [0.4, 0.5) is 23.2 Å². The molecule has 0 aliphatic rings. The molecule has 0 atom stereocenters. The highest BCUT2D eigenvalue weighted by molar-refractivity contribution is 5.45. The molecule has 1 heterocycles. The van der Waals surface area contributed by atoms with Gasteiger partial charge in [-0.2, -0.15) is 22.5 Å². The van der Waals surface area contributed by atoms with Crippen molar-refractivity contribution in [2.75, 3.05) is 11.9 Å². The second-order valence-electron chi connectivity index (χ2n) is 4.30. The lowest BCUT2D eigenvalue weighted by atomic mass is 10.1. The highest BCUT2D eigenvalue weighted by atomic mass is 19.2. The van der Waals surface area contributed by atoms with E-state index in [1.54, 1.807) is 0 Å². The van der Waals surface area contributed by atoms with Crippen molar-refractivity contribution < 1.29 is 17.6 Å². The molecule has 0 bridgehead atoms. The van der Waals surface area contributed by atoms with Crippen molar-refractivity contribution in [3.8, 4) is 0 Å². The standard InChI is InChI=1S/C14H12F4N2/c1-8-4-2-3-5-9(8)6-7-19-12-10(15)13(17)20-14(18)11(12)16/h2-5H,6-7H2,1H3,(H,19,20). The Hall–Kier alpha value is -2.11. The van der Waals surface area contributed by atoms with Crippen LogP contribution in [0.2, 0.25) is 0 Å². The predicted molar refractivity (Wildman–Crippen MR) is 67.4 cm³/mol. The van der Waals surface area contributed by atoms with Crippen molar-refractivity contribution in [2.45, 2.75) is 13.3 Å². The summed E-state index contributed by atoms with van der Waals surface area (Å²) >= 11 is 0. The zero-order chi connectivity index (χ0) is 14.7. The first kappa shape index (κ1) is 14.3. The number of benzene rings is 1. The highest BCUT2D eigenvalue weighted by Crippen LogP contribution is 2.22. The van der Waals surface area contributed by atoms with Crippen molar-refractivity contribution in [3.05, 3.63) is 58.9 Å². The maximum Gasteiger partial charge on any atom is 0.253 e. The Labute approximate surface area is 113 Å². The molecule has 0 saturated carbocycles. The largest absolute Gasteiger partial charge is 0.380 e. The normalized spacial score (nSPS) is 10.7. The molecule has 0 amide bonds. The summed E-state index contributed by atoms with van der Waals surface area (Å²) in [6.07, 6.45) is 0.469. The van der Waals surface area contributed by atoms with Gasteiger partial charge in [0, 0.05) is 6.54 Å². The van der Waals surface area contributed by atoms with Gasteiger partial charge in [-0.05, 0) is 24.5 Å². The molecule has 1 aromatic carbocycles. The number of hydrogen-bond acceptors (Lipinski definition) is 2. The van der Waals surface area contributed by atoms with Gasteiger partial charge in [0.1, 0.15) is 5.69 Å². The molecule has 0 aliphatic carbocycles. The molecule has 0 spiro atoms. The summed E-state index contributed by atoms with van der Waals surface area (Å²) in [6.45, 7) is 2.05. The molecule has 0 aliphatic heterocycles. The van der Waals surface area contributed by atoms with Crippen LogP contribution in [0.15, 0.2) is 24.3 Å². The van der Waals surface area contributed by atoms with Crippen LogP contribution < -0.4 is 5.32 Å². The second-order valence-corrected chi connectivity index (χ2v) is 4.30. The number of hydrogen-bond donors (Lipinski definition) is 1. The van der Waals surface area contributed by atoms with Gasteiger partial charge in [0.15, 0.2) is 0 Å². The quantitative estimate of drug-likeness (QED) is 0.685. The molecule has 2 aromatic rings. The lowest BCUT2D eigenvalue weighted by Gasteiger charge is -2.10. The molecular weight excluding hydrogens is 272 g/mol. The first-order valence-corrected chi connectivity index (χ1v) is 5.99. The molecule has 20 heavy (non-hydrogen) atoms. The summed E-state index contributed by atoms with van der Waals surface area (Å²) in [5.41, 5.74) is 1.18. The van der Waals surface area contributed by atoms with E-state index in [-0.39, 0.29) is 6.54 Å². The molecular formula is C14H12F4N2. The van der Waals surface area contributed by atoms with Gasteiger partial charge in [0.2, 0.25) is 11.6 Å². The van der Waals surface area contributed by atoms with Gasteiger partial charge in [-0.3, -0.25) is 0 Å². The van der Waals surface area contributed by atoms with Gasteiger partial charge in [0.25, 0.3) is 11.9 Å². The number of aryl methyl sites for hydroxylation is 1. The number of nitrogens with zero attached hydrogens (tertiary/aromatic N) is 1. The average molecular weight is 284 g/mol. The fraction of sp³-hybridized carbons (Fsp3) is 0.214. The van der Waals surface area contributed by atoms with Crippen LogP contribution in [-0.2, 0) is 6.42 Å². The second kappa shape index (κ2) is 5.90. The number of anilines is 1. The molecule has 1 N–H and O–H groups in total. The van der Waals surface area contributed by atoms with Crippen LogP contribution in [0, 0.1) is 30.5 Å². The van der Waals surface area contributed by atoms with Crippen LogP contribution in [0.1, 0.15) is 11.1 Å². The van der Waals surface area contributed by atoms with Gasteiger partial charge in [-0.1, -0.05) is 24.3 Å². The topological polar surface area (TPSA) is 24.9 Å². The fourth-order valence-electron chi connectivity index (χ4n) is 1.85. The molecule has 0 saturated heterocycles. The zero-order valence-corrected chi connectivity index (χ0v) is 10.7. The average Bonchev–Trinajstić information content (AvgIpc) is 2.42. The Morgan fingerprint density at radius 1 is 1.00 bits per heavy atom. The van der Waals surface area contributed by atoms with E-state index in [4.69, 9.17) is 0 Å². The van der Waals surface area contributed by atoms with E-state index in [1.165, 1.54) is 0 Å². The monoisotopic (exact) mass is 284 g/mol. The third-order valence-corrected chi connectivity index (χ3v) is 2.95. The first-order valence-electron chi connectivity index (χ1n) is 5.99. The summed E-state index contributed by atoms with van der Waals surface area (Å²) in [6, 6.07) is 7.49. The van der Waals surface area contributed by atoms with Gasteiger partial charge in [-0.15, -0.1) is 0 Å². The lowest BCUT2D eigenvalue weighted by molar-refractivity contribution is 0.410. The van der Waals surface area contributed by atoms with E-state index in [1.807, 2.05) is 31.2 Å². The Bertz CT molecular complexity index is 603. The molecule has 0 fully saturated rings. The lowest BCUT2D eigenvalue weighted by Crippen LogP contribution is -2.12. The number of pyridine rings is 1. The predicted octanol–water partition coefficient (Wildman–Crippen LogP) is 3.60. The Morgan fingerprint density at radius 2 is 1.60 bits per heavy atom. The van der Waals surface area contributed by atoms with E-state index in [2.05, 4.69) is 10.3 Å². The maximum absolute atomic E-state index is 13.3. The molecule has 0 unspecified atom stereocenters. The minimum absolute atomic E-state index is 0.140. The minimum atomic E-state index is -1.66. The van der Waals surface area contributed by atoms with E-state index in [0.29, 0.717) is 6.42 Å². The van der Waals surface area contributed by atoms with Crippen molar-refractivity contribution in [1.29, 1.82) is 0 Å². The van der Waals surface area contributed by atoms with Crippen molar-refractivity contribution in [1.82, 2.24) is 4.98 Å². The van der Waals surface area contributed by atoms with Gasteiger partial charge in [0.05, 0.1) is 0 Å². The molecule has 6 heteroatoms. The van der Waals surface area contributed by atoms with Crippen molar-refractivity contribution >= 4 is 5.69 Å². The molecule has 2 nitrogen and oxygen atoms in total. The van der Waals surface area contributed by atoms with E-state index in [0.717, 1.165) is 11.1 Å². The Balaban J connectivity index is 2.11. The van der Waals surface area contributed by atoms with Crippen molar-refractivity contribution in [3.63, 3.8) is 0 Å². The van der Waals surface area contributed by atoms with Crippen LogP contribution in [0.25, 0.3) is 0 Å². The maximum atomic E-state index is 13.3. The number of aromatic nitrogens is 1. The van der Waals surface area contributed by atoms with Crippen LogP contribution in [-0.4, -0.2) is 11.5 Å². The van der Waals surface area contributed by atoms with Gasteiger partial charge in [-0.25, -0.2) is 0 Å². The number of rotatable bonds is 4. The third kappa shape index (κ3) is 2.89. The van der Waals surface area contributed by atoms with Crippen LogP contribution in [0.5, 0.6) is 0 Å². The van der Waals surface area contributed by atoms with E-state index < -0.39 is 29.2 Å². The SMILES string of the molecule is Cc1ccccc1CCNc1c(F)c(F)nc(F)c1F. The summed E-state index contributed by atoms with van der Waals surface area (Å²) in [5.74, 6) is -6.37. The minimum Gasteiger partial charge on any atom is -0.380 e. The van der Waals surface area contributed by atoms with E-state index >= 15 is 0 Å². The van der Waals surface area contributed by atoms with Gasteiger partial charge >= 0.3 is 0 Å². The Kier molecular flexibility index (Phi) is 4.22. The summed E-state index contributed by atoms with van der Waals surface area (Å²) in [5, 5.41) is 2.37. The molecule has 0 radical (unpaired) electrons. The van der Waals surface area contributed by atoms with Gasteiger partial charge < -0.3 is 5.32 Å². The third-order valence-electron chi connectivity index (χ3n) is 2.95. The molecule has 2 rings (SSSR count). The molecule has 1 aromatic heterocycles. The van der Waals surface area contributed by atoms with Crippen LogP contribution in [0.3, 0.4) is 0 Å². The summed E-state index contributed by atoms with van der Waals surface area (Å²) < 4.78 is 52.5. The fourth-order valence-corrected chi connectivity index (χ4v) is 1.85. The Morgan fingerprint density at radius 3 is 2.20 bits per heavy atom. The first-order chi connectivity index (χ1) is 9.50. The summed E-state index contributed by atoms with van der Waals surface area (Å²) in [4.78, 5) is 2.49. The number of halogens is 4. The van der Waals surface area contributed by atoms with Crippen molar-refractivity contribution in [2.24, 2.45) is 0 Å². The highest BCUT2D eigenvalue weighted by Gasteiger charge is 2.20. The summed E-state index contributed by atoms with van der Waals surface area (Å²) in [7, 11) is 0. The number of nitrogens with one attached hydrogen (secondary N) is 1. The zero-order valence-electron chi connectivity index (χ0n) is 10.7. The molecule has 106 valence electrons. The van der Waals surface area contributed by atoms with Crippen LogP contribution >= 0.6 is 0 Å².